The number of methoxy groups -OCH3 is 1. The lowest BCUT2D eigenvalue weighted by Crippen LogP contribution is -2.43. The van der Waals surface area contributed by atoms with Gasteiger partial charge in [0.05, 0.1) is 19.3 Å². The molecule has 0 unspecified atom stereocenters. The number of allylic oxidation sites excluding steroid dienone is 3. The Balaban J connectivity index is 2.02. The molecule has 1 aliphatic heterocycles. The number of hydrogen-bond acceptors (Lipinski definition) is 8. The molecular formula is C25H31NO7. The first-order valence-electron chi connectivity index (χ1n) is 11.2. The van der Waals surface area contributed by atoms with E-state index in [1.807, 2.05) is 13.8 Å². The number of phenols is 1. The third-order valence-corrected chi connectivity index (χ3v) is 5.98. The molecule has 0 radical (unpaired) electrons. The summed E-state index contributed by atoms with van der Waals surface area (Å²) in [5.41, 5.74) is 2.39. The summed E-state index contributed by atoms with van der Waals surface area (Å²) in [6.07, 6.45) is 1.31. The van der Waals surface area contributed by atoms with Crippen LogP contribution in [0.15, 0.2) is 46.8 Å². The van der Waals surface area contributed by atoms with Crippen LogP contribution in [-0.4, -0.2) is 49.8 Å². The van der Waals surface area contributed by atoms with Gasteiger partial charge in [0.15, 0.2) is 5.78 Å². The van der Waals surface area contributed by atoms with Crippen LogP contribution in [0, 0.1) is 11.8 Å². The van der Waals surface area contributed by atoms with Gasteiger partial charge in [-0.25, -0.2) is 4.79 Å². The van der Waals surface area contributed by atoms with E-state index in [9.17, 15) is 19.5 Å². The van der Waals surface area contributed by atoms with Gasteiger partial charge < -0.3 is 24.6 Å². The topological polar surface area (TPSA) is 111 Å². The molecule has 8 nitrogen and oxygen atoms in total. The Morgan fingerprint density at radius 2 is 1.97 bits per heavy atom. The lowest BCUT2D eigenvalue weighted by atomic mass is 9.69. The van der Waals surface area contributed by atoms with Gasteiger partial charge in [-0.1, -0.05) is 26.0 Å². The summed E-state index contributed by atoms with van der Waals surface area (Å²) >= 11 is 0. The molecule has 0 aromatic heterocycles. The first kappa shape index (κ1) is 24.5. The quantitative estimate of drug-likeness (QED) is 0.348. The monoisotopic (exact) mass is 457 g/mol. The van der Waals surface area contributed by atoms with Crippen molar-refractivity contribution in [2.24, 2.45) is 11.8 Å². The third kappa shape index (κ3) is 5.11. The van der Waals surface area contributed by atoms with Gasteiger partial charge in [-0.05, 0) is 43.4 Å². The number of esters is 2. The van der Waals surface area contributed by atoms with E-state index in [4.69, 9.17) is 14.2 Å². The lowest BCUT2D eigenvalue weighted by molar-refractivity contribution is -0.151. The Bertz CT molecular complexity index is 994. The standard InChI is InChI=1S/C25H31NO7/c1-5-9-32-10-11-33-25(30)20-15(3)26-18-12-14(2)19(24(29)31-4)23(28)22(18)21(20)16-7-6-8-17(27)13-16/h6-8,13-14,19,21,26-27H,5,9-12H2,1-4H3/t14-,19+,21-/m0/s1. The van der Waals surface area contributed by atoms with E-state index in [-0.39, 0.29) is 36.2 Å². The summed E-state index contributed by atoms with van der Waals surface area (Å²) in [5, 5.41) is 13.3. The Hall–Kier alpha value is -3.13. The van der Waals surface area contributed by atoms with Gasteiger partial charge in [0.1, 0.15) is 18.3 Å². The van der Waals surface area contributed by atoms with Crippen LogP contribution < -0.4 is 5.32 Å². The molecule has 0 spiro atoms. The maximum absolute atomic E-state index is 13.6. The van der Waals surface area contributed by atoms with Crippen molar-refractivity contribution >= 4 is 17.7 Å². The van der Waals surface area contributed by atoms with Gasteiger partial charge in [-0.15, -0.1) is 0 Å². The fourth-order valence-electron chi connectivity index (χ4n) is 4.51. The number of ether oxygens (including phenoxy) is 3. The maximum Gasteiger partial charge on any atom is 0.336 e. The molecule has 178 valence electrons. The smallest absolute Gasteiger partial charge is 0.336 e. The molecule has 1 aromatic carbocycles. The van der Waals surface area contributed by atoms with Crippen molar-refractivity contribution in [3.8, 4) is 5.75 Å². The van der Waals surface area contributed by atoms with E-state index < -0.39 is 23.8 Å². The van der Waals surface area contributed by atoms with Crippen molar-refractivity contribution in [3.05, 3.63) is 52.4 Å². The van der Waals surface area contributed by atoms with Gasteiger partial charge in [0, 0.05) is 29.5 Å². The fourth-order valence-corrected chi connectivity index (χ4v) is 4.51. The van der Waals surface area contributed by atoms with E-state index >= 15 is 0 Å². The van der Waals surface area contributed by atoms with Crippen molar-refractivity contribution in [1.82, 2.24) is 5.32 Å². The minimum Gasteiger partial charge on any atom is -0.508 e. The Labute approximate surface area is 193 Å². The van der Waals surface area contributed by atoms with Crippen molar-refractivity contribution in [2.45, 2.75) is 39.5 Å². The number of nitrogens with one attached hydrogen (secondary N) is 1. The molecule has 1 aromatic rings. The minimum absolute atomic E-state index is 0.00710. The molecule has 0 saturated carbocycles. The first-order chi connectivity index (χ1) is 15.8. The van der Waals surface area contributed by atoms with Crippen molar-refractivity contribution in [1.29, 1.82) is 0 Å². The zero-order valence-electron chi connectivity index (χ0n) is 19.5. The highest BCUT2D eigenvalue weighted by Crippen LogP contribution is 2.45. The second-order valence-corrected chi connectivity index (χ2v) is 8.38. The summed E-state index contributed by atoms with van der Waals surface area (Å²) in [4.78, 5) is 39.2. The van der Waals surface area contributed by atoms with Gasteiger partial charge in [-0.2, -0.15) is 0 Å². The van der Waals surface area contributed by atoms with Crippen LogP contribution >= 0.6 is 0 Å². The van der Waals surface area contributed by atoms with Crippen LogP contribution in [0.3, 0.4) is 0 Å². The van der Waals surface area contributed by atoms with E-state index in [0.29, 0.717) is 35.6 Å². The number of dihydropyridines is 1. The van der Waals surface area contributed by atoms with Crippen LogP contribution in [0.1, 0.15) is 45.1 Å². The Morgan fingerprint density at radius 3 is 2.64 bits per heavy atom. The summed E-state index contributed by atoms with van der Waals surface area (Å²) in [6, 6.07) is 6.42. The first-order valence-corrected chi connectivity index (χ1v) is 11.2. The second-order valence-electron chi connectivity index (χ2n) is 8.38. The highest BCUT2D eigenvalue weighted by atomic mass is 16.6. The molecular weight excluding hydrogens is 426 g/mol. The number of aromatic hydroxyl groups is 1. The summed E-state index contributed by atoms with van der Waals surface area (Å²) in [6.45, 7) is 6.49. The van der Waals surface area contributed by atoms with Crippen molar-refractivity contribution in [3.63, 3.8) is 0 Å². The fraction of sp³-hybridized carbons (Fsp3) is 0.480. The second kappa shape index (κ2) is 10.7. The van der Waals surface area contributed by atoms with Crippen LogP contribution in [0.2, 0.25) is 0 Å². The SMILES string of the molecule is CCCOCCOC(=O)C1=C(C)NC2=C(C(=O)[C@H](C(=O)OC)[C@@H](C)C2)[C@H]1c1cccc(O)c1. The largest absolute Gasteiger partial charge is 0.508 e. The summed E-state index contributed by atoms with van der Waals surface area (Å²) in [5.74, 6) is -3.58. The molecule has 2 N–H and O–H groups in total. The van der Waals surface area contributed by atoms with Crippen molar-refractivity contribution in [2.75, 3.05) is 26.9 Å². The molecule has 0 fully saturated rings. The normalized spacial score (nSPS) is 22.5. The molecule has 8 heteroatoms. The zero-order chi connectivity index (χ0) is 24.1. The van der Waals surface area contributed by atoms with E-state index in [2.05, 4.69) is 5.32 Å². The molecule has 0 bridgehead atoms. The number of benzene rings is 1. The molecule has 3 atom stereocenters. The van der Waals surface area contributed by atoms with Crippen molar-refractivity contribution < 1.29 is 33.7 Å². The number of hydrogen-bond donors (Lipinski definition) is 2. The number of carbonyl (C=O) groups is 3. The molecule has 2 aliphatic rings. The molecule has 0 amide bonds. The number of carbonyl (C=O) groups excluding carboxylic acids is 3. The molecule has 33 heavy (non-hydrogen) atoms. The predicted octanol–water partition coefficient (Wildman–Crippen LogP) is 2.98. The van der Waals surface area contributed by atoms with Crippen LogP contribution in [0.25, 0.3) is 0 Å². The molecule has 0 saturated heterocycles. The van der Waals surface area contributed by atoms with Crippen LogP contribution in [-0.2, 0) is 28.6 Å². The summed E-state index contributed by atoms with van der Waals surface area (Å²) < 4.78 is 15.7. The lowest BCUT2D eigenvalue weighted by Gasteiger charge is -2.38. The Morgan fingerprint density at radius 1 is 1.21 bits per heavy atom. The minimum atomic E-state index is -0.964. The third-order valence-electron chi connectivity index (χ3n) is 5.98. The number of phenolic OH excluding ortho intramolecular Hbond substituents is 1. The van der Waals surface area contributed by atoms with E-state index in [1.54, 1.807) is 19.1 Å². The highest BCUT2D eigenvalue weighted by Gasteiger charge is 2.47. The van der Waals surface area contributed by atoms with Crippen LogP contribution in [0.4, 0.5) is 0 Å². The van der Waals surface area contributed by atoms with Gasteiger partial charge in [0.25, 0.3) is 0 Å². The molecule has 1 heterocycles. The molecule has 3 rings (SSSR count). The van der Waals surface area contributed by atoms with Crippen LogP contribution in [0.5, 0.6) is 5.75 Å². The average molecular weight is 458 g/mol. The number of rotatable bonds is 8. The van der Waals surface area contributed by atoms with E-state index in [0.717, 1.165) is 6.42 Å². The van der Waals surface area contributed by atoms with Gasteiger partial charge in [-0.3, -0.25) is 9.59 Å². The number of Topliss-reactive ketones (excluding diaryl/α,β-unsaturated/α-hetero) is 1. The Kier molecular flexibility index (Phi) is 7.92. The average Bonchev–Trinajstić information content (AvgIpc) is 2.77. The summed E-state index contributed by atoms with van der Waals surface area (Å²) in [7, 11) is 1.26. The maximum atomic E-state index is 13.6. The zero-order valence-corrected chi connectivity index (χ0v) is 19.5. The number of ketones is 1. The van der Waals surface area contributed by atoms with Gasteiger partial charge in [0.2, 0.25) is 0 Å². The van der Waals surface area contributed by atoms with E-state index in [1.165, 1.54) is 19.2 Å². The van der Waals surface area contributed by atoms with Gasteiger partial charge >= 0.3 is 11.9 Å². The predicted molar refractivity (Wildman–Crippen MR) is 120 cm³/mol. The highest BCUT2D eigenvalue weighted by molar-refractivity contribution is 6.12. The molecule has 1 aliphatic carbocycles.